The number of halogens is 11. The van der Waals surface area contributed by atoms with Crippen molar-refractivity contribution in [1.82, 2.24) is 0 Å². The van der Waals surface area contributed by atoms with Crippen LogP contribution in [0, 0.1) is 0 Å². The third kappa shape index (κ3) is 3.22. The van der Waals surface area contributed by atoms with Crippen molar-refractivity contribution in [3.63, 3.8) is 0 Å². The van der Waals surface area contributed by atoms with Crippen LogP contribution in [0.1, 0.15) is 0 Å². The lowest BCUT2D eigenvalue weighted by Crippen LogP contribution is -2.66. The van der Waals surface area contributed by atoms with Gasteiger partial charge in [-0.05, 0) is 0 Å². The second-order valence-corrected chi connectivity index (χ2v) is 4.94. The van der Waals surface area contributed by atoms with Gasteiger partial charge in [-0.15, -0.1) is 0 Å². The topological polar surface area (TPSA) is 63.6 Å². The van der Waals surface area contributed by atoms with E-state index >= 15 is 0 Å². The minimum atomic E-state index is -7.54. The minimum Gasteiger partial charge on any atom is -0.287 e. The van der Waals surface area contributed by atoms with Crippen molar-refractivity contribution in [3.05, 3.63) is 0 Å². The second-order valence-electron chi connectivity index (χ2n) is 3.46. The van der Waals surface area contributed by atoms with Crippen LogP contribution in [-0.4, -0.2) is 49.0 Å². The van der Waals surface area contributed by atoms with E-state index in [0.717, 1.165) is 0 Å². The molecule has 0 radical (unpaired) electrons. The number of hydrogen-bond donors (Lipinski definition) is 1. The highest BCUT2D eigenvalue weighted by molar-refractivity contribution is 7.87. The van der Waals surface area contributed by atoms with Gasteiger partial charge in [0.25, 0.3) is 12.8 Å². The van der Waals surface area contributed by atoms with E-state index in [1.54, 1.807) is 0 Å². The van der Waals surface area contributed by atoms with E-state index in [9.17, 15) is 56.7 Å². The smallest absolute Gasteiger partial charge is 0.287 e. The van der Waals surface area contributed by atoms with E-state index in [1.165, 1.54) is 0 Å². The molecule has 0 spiro atoms. The van der Waals surface area contributed by atoms with Crippen LogP contribution in [0.2, 0.25) is 0 Å². The molecule has 0 aliphatic heterocycles. The minimum absolute atomic E-state index is 2.16. The van der Waals surface area contributed by atoms with Gasteiger partial charge in [0.2, 0.25) is 0 Å². The van der Waals surface area contributed by atoms with Crippen molar-refractivity contribution in [2.75, 3.05) is 0 Å². The third-order valence-electron chi connectivity index (χ3n) is 1.92. The lowest BCUT2D eigenvalue weighted by Gasteiger charge is -2.36. The molecule has 0 aliphatic carbocycles. The molecule has 2 atom stereocenters. The summed E-state index contributed by atoms with van der Waals surface area (Å²) in [7, 11) is -7.39. The highest BCUT2D eigenvalue weighted by Crippen LogP contribution is 2.54. The monoisotopic (exact) mass is 380 g/mol. The molecule has 0 saturated heterocycles. The molecule has 0 aromatic heterocycles. The van der Waals surface area contributed by atoms with Crippen molar-refractivity contribution >= 4 is 10.1 Å². The summed E-state index contributed by atoms with van der Waals surface area (Å²) in [5.41, 5.74) is 0. The first-order valence-electron chi connectivity index (χ1n) is 4.41. The summed E-state index contributed by atoms with van der Waals surface area (Å²) in [6.45, 7) is 0. The van der Waals surface area contributed by atoms with E-state index in [0.29, 0.717) is 0 Å². The third-order valence-corrected chi connectivity index (χ3v) is 2.94. The summed E-state index contributed by atoms with van der Waals surface area (Å²) in [6, 6.07) is 0. The second kappa shape index (κ2) is 5.63. The zero-order chi connectivity index (χ0) is 18.4. The normalized spacial score (nSPS) is 19.1. The summed E-state index contributed by atoms with van der Waals surface area (Å²) in [6.07, 6.45) is -16.6. The van der Waals surface area contributed by atoms with Crippen LogP contribution in [0.4, 0.5) is 48.3 Å². The Bertz CT molecular complexity index is 499. The Balaban J connectivity index is 6.24. The van der Waals surface area contributed by atoms with Crippen LogP contribution in [0.3, 0.4) is 0 Å². The van der Waals surface area contributed by atoms with Crippen LogP contribution in [0.25, 0.3) is 0 Å². The first-order chi connectivity index (χ1) is 9.33. The van der Waals surface area contributed by atoms with Gasteiger partial charge in [0.05, 0.1) is 0 Å². The van der Waals surface area contributed by atoms with Crippen molar-refractivity contribution in [3.8, 4) is 0 Å². The Kier molecular flexibility index (Phi) is 5.40. The van der Waals surface area contributed by atoms with Crippen LogP contribution < -0.4 is 0 Å². The fourth-order valence-corrected chi connectivity index (χ4v) is 1.52. The van der Waals surface area contributed by atoms with Gasteiger partial charge in [-0.3, -0.25) is 9.29 Å². The average molecular weight is 380 g/mol. The van der Waals surface area contributed by atoms with Crippen LogP contribution >= 0.6 is 0 Å². The summed E-state index contributed by atoms with van der Waals surface area (Å²) in [5, 5.41) is -6.85. The summed E-state index contributed by atoms with van der Waals surface area (Å²) < 4.78 is 166. The maximum atomic E-state index is 13.3. The largest absolute Gasteiger partial charge is 0.460 e. The van der Waals surface area contributed by atoms with Crippen molar-refractivity contribution < 1.29 is 66.0 Å². The van der Waals surface area contributed by atoms with Gasteiger partial charge in [-0.25, -0.2) is 13.2 Å². The molecule has 0 aliphatic rings. The Morgan fingerprint density at radius 2 is 1.18 bits per heavy atom. The van der Waals surface area contributed by atoms with Crippen molar-refractivity contribution in [2.24, 2.45) is 0 Å². The van der Waals surface area contributed by atoms with Gasteiger partial charge in [-0.2, -0.15) is 43.5 Å². The standard InChI is InChI=1S/C6H3F11O4S/c7-1(8)2(9)21-6(17,22(18,19)20)4(12,13)3(10,11)5(14,15)16/h1-2H,(H,18,19,20). The first kappa shape index (κ1) is 21.1. The summed E-state index contributed by atoms with van der Waals surface area (Å²) in [5.74, 6) is -15.1. The molecule has 0 aromatic carbocycles. The molecule has 2 unspecified atom stereocenters. The number of ether oxygens (including phenoxy) is 1. The van der Waals surface area contributed by atoms with Gasteiger partial charge < -0.3 is 0 Å². The van der Waals surface area contributed by atoms with E-state index in [1.807, 2.05) is 0 Å². The zero-order valence-corrected chi connectivity index (χ0v) is 10.2. The predicted octanol–water partition coefficient (Wildman–Crippen LogP) is 2.91. The predicted molar refractivity (Wildman–Crippen MR) is 43.3 cm³/mol. The van der Waals surface area contributed by atoms with Crippen molar-refractivity contribution in [2.45, 2.75) is 36.0 Å². The molecule has 0 amide bonds. The molecule has 0 saturated carbocycles. The van der Waals surface area contributed by atoms with Gasteiger partial charge in [-0.1, -0.05) is 0 Å². The molecule has 0 heterocycles. The molecule has 0 rings (SSSR count). The first-order valence-corrected chi connectivity index (χ1v) is 5.85. The molecule has 0 bridgehead atoms. The van der Waals surface area contributed by atoms with Crippen LogP contribution in [-0.2, 0) is 14.9 Å². The highest BCUT2D eigenvalue weighted by Gasteiger charge is 2.86. The SMILES string of the molecule is O=S(=O)(O)C(F)(OC(F)C(F)F)C(F)(F)C(F)(F)C(F)(F)F. The van der Waals surface area contributed by atoms with Gasteiger partial charge in [0.15, 0.2) is 0 Å². The molecular formula is C6H3F11O4S. The van der Waals surface area contributed by atoms with E-state index < -0.39 is 46.1 Å². The average Bonchev–Trinajstić information content (AvgIpc) is 2.24. The Labute approximate surface area is 113 Å². The lowest BCUT2D eigenvalue weighted by atomic mass is 10.1. The lowest BCUT2D eigenvalue weighted by molar-refractivity contribution is -0.407. The quantitative estimate of drug-likeness (QED) is 0.569. The molecule has 4 nitrogen and oxygen atoms in total. The molecule has 1 N–H and O–H groups in total. The molecule has 0 aromatic rings. The highest BCUT2D eigenvalue weighted by atomic mass is 32.2. The number of rotatable bonds is 6. The number of alkyl halides is 11. The molecule has 134 valence electrons. The Morgan fingerprint density at radius 3 is 1.41 bits per heavy atom. The Hall–Kier alpha value is -0.900. The van der Waals surface area contributed by atoms with Crippen molar-refractivity contribution in [1.29, 1.82) is 0 Å². The van der Waals surface area contributed by atoms with Crippen LogP contribution in [0.15, 0.2) is 0 Å². The van der Waals surface area contributed by atoms with Gasteiger partial charge in [0.1, 0.15) is 0 Å². The van der Waals surface area contributed by atoms with E-state index in [-0.39, 0.29) is 0 Å². The summed E-state index contributed by atoms with van der Waals surface area (Å²) >= 11 is 0. The maximum Gasteiger partial charge on any atom is 0.460 e. The van der Waals surface area contributed by atoms with Gasteiger partial charge >= 0.3 is 33.3 Å². The van der Waals surface area contributed by atoms with Crippen LogP contribution in [0.5, 0.6) is 0 Å². The Morgan fingerprint density at radius 1 is 0.818 bits per heavy atom. The number of hydrogen-bond acceptors (Lipinski definition) is 3. The van der Waals surface area contributed by atoms with E-state index in [2.05, 4.69) is 4.74 Å². The van der Waals surface area contributed by atoms with Gasteiger partial charge in [0, 0.05) is 0 Å². The maximum absolute atomic E-state index is 13.3. The molecule has 22 heavy (non-hydrogen) atoms. The fraction of sp³-hybridized carbons (Fsp3) is 1.00. The fourth-order valence-electron chi connectivity index (χ4n) is 0.859. The summed E-state index contributed by atoms with van der Waals surface area (Å²) in [4.78, 5) is 0. The molecule has 0 fully saturated rings. The zero-order valence-electron chi connectivity index (χ0n) is 9.39. The molecular weight excluding hydrogens is 377 g/mol. The van der Waals surface area contributed by atoms with E-state index in [4.69, 9.17) is 4.55 Å². The molecule has 16 heteroatoms.